The Morgan fingerprint density at radius 3 is 2.29 bits per heavy atom. The van der Waals surface area contributed by atoms with Crippen molar-refractivity contribution in [2.45, 2.75) is 57.8 Å². The molecular formula is C16H22Cl2FNO. The number of hydrogen-bond acceptors (Lipinski definition) is 2. The molecule has 1 fully saturated rings. The van der Waals surface area contributed by atoms with Crippen molar-refractivity contribution in [2.75, 3.05) is 0 Å². The first-order chi connectivity index (χ1) is 9.37. The van der Waals surface area contributed by atoms with Gasteiger partial charge in [-0.05, 0) is 58.7 Å². The third-order valence-corrected chi connectivity index (χ3v) is 4.99. The minimum atomic E-state index is -0.820. The van der Waals surface area contributed by atoms with Crippen molar-refractivity contribution in [3.8, 4) is 0 Å². The van der Waals surface area contributed by atoms with Gasteiger partial charge in [0.25, 0.3) is 0 Å². The fourth-order valence-electron chi connectivity index (χ4n) is 3.62. The van der Waals surface area contributed by atoms with Crippen LogP contribution >= 0.6 is 23.2 Å². The maximum atomic E-state index is 13.8. The molecule has 5 heteroatoms. The van der Waals surface area contributed by atoms with E-state index in [1.807, 2.05) is 34.6 Å². The van der Waals surface area contributed by atoms with Crippen molar-refractivity contribution in [3.63, 3.8) is 0 Å². The normalized spacial score (nSPS) is 26.6. The molecule has 1 aliphatic heterocycles. The number of hydrogen-bond donors (Lipinski definition) is 1. The quantitative estimate of drug-likeness (QED) is 0.781. The maximum Gasteiger partial charge on any atom is 0.142 e. The predicted molar refractivity (Wildman–Crippen MR) is 85.3 cm³/mol. The van der Waals surface area contributed by atoms with E-state index in [9.17, 15) is 4.39 Å². The second-order valence-corrected chi connectivity index (χ2v) is 8.07. The van der Waals surface area contributed by atoms with Crippen LogP contribution in [-0.2, 0) is 10.3 Å². The average molecular weight is 334 g/mol. The summed E-state index contributed by atoms with van der Waals surface area (Å²) >= 11 is 12.0. The molecule has 0 amide bonds. The zero-order valence-corrected chi connectivity index (χ0v) is 14.6. The molecule has 1 heterocycles. The van der Waals surface area contributed by atoms with Crippen LogP contribution in [0.5, 0.6) is 0 Å². The van der Waals surface area contributed by atoms with Crippen molar-refractivity contribution in [2.24, 2.45) is 11.7 Å². The van der Waals surface area contributed by atoms with Gasteiger partial charge in [0.15, 0.2) is 0 Å². The van der Waals surface area contributed by atoms with Gasteiger partial charge in [0.05, 0.1) is 16.2 Å². The standard InChI is InChI=1S/C16H22Cl2FNO/c1-14(2)8-13(15(3,4)21-14)16(5,20)9-6-12(19)11(18)7-10(9)17/h6-7,13H,8,20H2,1-5H3. The van der Waals surface area contributed by atoms with E-state index in [0.717, 1.165) is 6.42 Å². The second-order valence-electron chi connectivity index (χ2n) is 7.25. The first-order valence-corrected chi connectivity index (χ1v) is 7.76. The van der Waals surface area contributed by atoms with Crippen LogP contribution in [0.3, 0.4) is 0 Å². The molecule has 0 spiro atoms. The number of nitrogens with two attached hydrogens (primary N) is 1. The van der Waals surface area contributed by atoms with E-state index in [4.69, 9.17) is 33.7 Å². The largest absolute Gasteiger partial charge is 0.369 e. The first-order valence-electron chi connectivity index (χ1n) is 7.01. The van der Waals surface area contributed by atoms with Gasteiger partial charge in [0, 0.05) is 16.5 Å². The second kappa shape index (κ2) is 5.09. The van der Waals surface area contributed by atoms with E-state index in [1.165, 1.54) is 12.1 Å². The van der Waals surface area contributed by atoms with Gasteiger partial charge in [-0.3, -0.25) is 0 Å². The van der Waals surface area contributed by atoms with Gasteiger partial charge in [-0.1, -0.05) is 23.2 Å². The van der Waals surface area contributed by atoms with E-state index in [0.29, 0.717) is 10.6 Å². The third kappa shape index (κ3) is 3.07. The van der Waals surface area contributed by atoms with Crippen LogP contribution in [0.15, 0.2) is 12.1 Å². The summed E-state index contributed by atoms with van der Waals surface area (Å²) in [7, 11) is 0. The molecule has 2 rings (SSSR count). The summed E-state index contributed by atoms with van der Waals surface area (Å²) in [5, 5.41) is 0.383. The van der Waals surface area contributed by atoms with Crippen molar-refractivity contribution >= 4 is 23.2 Å². The molecule has 2 atom stereocenters. The lowest BCUT2D eigenvalue weighted by Gasteiger charge is -2.39. The van der Waals surface area contributed by atoms with Crippen LogP contribution in [0, 0.1) is 11.7 Å². The molecular weight excluding hydrogens is 312 g/mol. The lowest BCUT2D eigenvalue weighted by molar-refractivity contribution is -0.0814. The fraction of sp³-hybridized carbons (Fsp3) is 0.625. The fourth-order valence-corrected chi connectivity index (χ4v) is 4.21. The van der Waals surface area contributed by atoms with Crippen LogP contribution in [0.1, 0.15) is 46.6 Å². The summed E-state index contributed by atoms with van der Waals surface area (Å²) in [6.45, 7) is 9.97. The van der Waals surface area contributed by atoms with Crippen LogP contribution in [0.25, 0.3) is 0 Å². The van der Waals surface area contributed by atoms with Crippen molar-refractivity contribution < 1.29 is 9.13 Å². The highest BCUT2D eigenvalue weighted by Crippen LogP contribution is 2.50. The number of halogens is 3. The maximum absolute atomic E-state index is 13.8. The number of ether oxygens (including phenoxy) is 1. The highest BCUT2D eigenvalue weighted by atomic mass is 35.5. The zero-order chi connectivity index (χ0) is 16.2. The third-order valence-electron chi connectivity index (χ3n) is 4.39. The summed E-state index contributed by atoms with van der Waals surface area (Å²) < 4.78 is 20.0. The Labute approximate surface area is 135 Å². The van der Waals surface area contributed by atoms with E-state index < -0.39 is 17.0 Å². The van der Waals surface area contributed by atoms with Crippen LogP contribution in [0.4, 0.5) is 4.39 Å². The monoisotopic (exact) mass is 333 g/mol. The SMILES string of the molecule is CC1(C)CC(C(C)(N)c2cc(F)c(Cl)cc2Cl)C(C)(C)O1. The molecule has 0 aromatic heterocycles. The molecule has 2 N–H and O–H groups in total. The highest BCUT2D eigenvalue weighted by Gasteiger charge is 2.53. The van der Waals surface area contributed by atoms with E-state index in [1.54, 1.807) is 0 Å². The lowest BCUT2D eigenvalue weighted by Crippen LogP contribution is -2.49. The van der Waals surface area contributed by atoms with E-state index >= 15 is 0 Å². The highest BCUT2D eigenvalue weighted by molar-refractivity contribution is 6.35. The molecule has 0 bridgehead atoms. The van der Waals surface area contributed by atoms with Gasteiger partial charge in [-0.25, -0.2) is 4.39 Å². The Balaban J connectivity index is 2.50. The minimum Gasteiger partial charge on any atom is -0.369 e. The molecule has 1 aliphatic rings. The predicted octanol–water partition coefficient (Wildman–Crippen LogP) is 4.90. The zero-order valence-electron chi connectivity index (χ0n) is 13.1. The van der Waals surface area contributed by atoms with Gasteiger partial charge < -0.3 is 10.5 Å². The topological polar surface area (TPSA) is 35.2 Å². The Morgan fingerprint density at radius 1 is 1.24 bits per heavy atom. The van der Waals surface area contributed by atoms with Crippen molar-refractivity contribution in [3.05, 3.63) is 33.6 Å². The molecule has 2 nitrogen and oxygen atoms in total. The molecule has 118 valence electrons. The van der Waals surface area contributed by atoms with Gasteiger partial charge in [-0.15, -0.1) is 0 Å². The molecule has 1 saturated heterocycles. The lowest BCUT2D eigenvalue weighted by atomic mass is 9.70. The molecule has 21 heavy (non-hydrogen) atoms. The molecule has 0 radical (unpaired) electrons. The van der Waals surface area contributed by atoms with E-state index in [2.05, 4.69) is 0 Å². The summed E-state index contributed by atoms with van der Waals surface area (Å²) in [5.41, 5.74) is 5.63. The molecule has 2 unspecified atom stereocenters. The van der Waals surface area contributed by atoms with Crippen LogP contribution in [0.2, 0.25) is 10.0 Å². The molecule has 1 aromatic rings. The van der Waals surface area contributed by atoms with Gasteiger partial charge in [0.2, 0.25) is 0 Å². The van der Waals surface area contributed by atoms with Crippen LogP contribution < -0.4 is 5.73 Å². The summed E-state index contributed by atoms with van der Waals surface area (Å²) in [5.74, 6) is -0.512. The molecule has 0 saturated carbocycles. The van der Waals surface area contributed by atoms with Crippen molar-refractivity contribution in [1.82, 2.24) is 0 Å². The van der Waals surface area contributed by atoms with E-state index in [-0.39, 0.29) is 16.5 Å². The average Bonchev–Trinajstić information content (AvgIpc) is 2.52. The van der Waals surface area contributed by atoms with Crippen LogP contribution in [-0.4, -0.2) is 11.2 Å². The number of rotatable bonds is 2. The Bertz CT molecular complexity index is 570. The molecule has 0 aliphatic carbocycles. The Hall–Kier alpha value is -0.350. The Kier molecular flexibility index (Phi) is 4.12. The minimum absolute atomic E-state index is 0.00168. The summed E-state index contributed by atoms with van der Waals surface area (Å²) in [6, 6.07) is 2.75. The first kappa shape index (κ1) is 17.0. The van der Waals surface area contributed by atoms with Gasteiger partial charge in [-0.2, -0.15) is 0 Å². The van der Waals surface area contributed by atoms with Gasteiger partial charge >= 0.3 is 0 Å². The molecule has 1 aromatic carbocycles. The smallest absolute Gasteiger partial charge is 0.142 e. The van der Waals surface area contributed by atoms with Gasteiger partial charge in [0.1, 0.15) is 5.82 Å². The Morgan fingerprint density at radius 2 is 1.81 bits per heavy atom. The summed E-state index contributed by atoms with van der Waals surface area (Å²) in [6.07, 6.45) is 0.771. The number of benzene rings is 1. The summed E-state index contributed by atoms with van der Waals surface area (Å²) in [4.78, 5) is 0. The van der Waals surface area contributed by atoms with Crippen molar-refractivity contribution in [1.29, 1.82) is 0 Å².